The number of aromatic nitrogens is 2. The Morgan fingerprint density at radius 3 is 2.40 bits per heavy atom. The molecule has 0 bridgehead atoms. The quantitative estimate of drug-likeness (QED) is 0.655. The van der Waals surface area contributed by atoms with Gasteiger partial charge in [0.05, 0.1) is 13.7 Å². The smallest absolute Gasteiger partial charge is 0.351 e. The van der Waals surface area contributed by atoms with Crippen LogP contribution in [0.25, 0.3) is 11.4 Å². The lowest BCUT2D eigenvalue weighted by molar-refractivity contribution is -0.182. The van der Waals surface area contributed by atoms with Gasteiger partial charge in [-0.1, -0.05) is 29.4 Å². The van der Waals surface area contributed by atoms with Crippen LogP contribution in [0.1, 0.15) is 11.5 Å². The van der Waals surface area contributed by atoms with E-state index in [1.807, 2.05) is 0 Å². The van der Waals surface area contributed by atoms with Crippen LogP contribution in [0.2, 0.25) is 0 Å². The van der Waals surface area contributed by atoms with E-state index >= 15 is 0 Å². The number of benzene rings is 1. The van der Waals surface area contributed by atoms with E-state index in [-0.39, 0.29) is 12.4 Å². The topological polar surface area (TPSA) is 97.6 Å². The van der Waals surface area contributed by atoms with E-state index in [0.29, 0.717) is 11.1 Å². The summed E-state index contributed by atoms with van der Waals surface area (Å²) < 4.78 is 41.5. The summed E-state index contributed by atoms with van der Waals surface area (Å²) in [5, 5.41) is 6.29. The maximum atomic E-state index is 12.5. The van der Waals surface area contributed by atoms with Gasteiger partial charge in [0.2, 0.25) is 5.82 Å². The highest BCUT2D eigenvalue weighted by Crippen LogP contribution is 2.29. The normalized spacial score (nSPS) is 11.2. The number of amides is 2. The molecule has 0 saturated heterocycles. The zero-order chi connectivity index (χ0) is 18.6. The van der Waals surface area contributed by atoms with Crippen LogP contribution in [-0.4, -0.2) is 41.2 Å². The maximum Gasteiger partial charge on any atom is 0.471 e. The standard InChI is InChI=1S/C14H13F3N4O4/c1-18-11(22)12(23)21(24-2)7-8-3-5-9(6-4-8)10-19-13(25-20-10)14(15,16)17/h3-6H,7H2,1-2H3,(H,18,22). The van der Waals surface area contributed by atoms with Crippen LogP contribution in [-0.2, 0) is 27.1 Å². The Morgan fingerprint density at radius 2 is 1.92 bits per heavy atom. The molecule has 0 unspecified atom stereocenters. The lowest BCUT2D eigenvalue weighted by Gasteiger charge is -2.18. The average Bonchev–Trinajstić information content (AvgIpc) is 3.09. The van der Waals surface area contributed by atoms with Crippen molar-refractivity contribution in [1.82, 2.24) is 20.5 Å². The minimum atomic E-state index is -4.72. The van der Waals surface area contributed by atoms with E-state index in [9.17, 15) is 22.8 Å². The summed E-state index contributed by atoms with van der Waals surface area (Å²) in [5.41, 5.74) is 0.868. The van der Waals surface area contributed by atoms with Crippen LogP contribution in [0, 0.1) is 0 Å². The van der Waals surface area contributed by atoms with Crippen molar-refractivity contribution in [3.63, 3.8) is 0 Å². The molecule has 0 aliphatic heterocycles. The molecule has 0 spiro atoms. The summed E-state index contributed by atoms with van der Waals surface area (Å²) in [4.78, 5) is 31.2. The lowest BCUT2D eigenvalue weighted by Crippen LogP contribution is -2.40. The van der Waals surface area contributed by atoms with Gasteiger partial charge in [0, 0.05) is 12.6 Å². The van der Waals surface area contributed by atoms with Crippen LogP contribution >= 0.6 is 0 Å². The van der Waals surface area contributed by atoms with Crippen LogP contribution < -0.4 is 5.32 Å². The van der Waals surface area contributed by atoms with Crippen molar-refractivity contribution in [1.29, 1.82) is 0 Å². The molecule has 0 aliphatic carbocycles. The number of hydrogen-bond acceptors (Lipinski definition) is 6. The predicted molar refractivity (Wildman–Crippen MR) is 76.4 cm³/mol. The van der Waals surface area contributed by atoms with Crippen LogP contribution in [0.15, 0.2) is 28.8 Å². The fourth-order valence-corrected chi connectivity index (χ4v) is 1.82. The number of hydroxylamine groups is 2. The highest BCUT2D eigenvalue weighted by atomic mass is 19.4. The maximum absolute atomic E-state index is 12.5. The second-order valence-electron chi connectivity index (χ2n) is 4.72. The van der Waals surface area contributed by atoms with E-state index in [2.05, 4.69) is 20.0 Å². The molecule has 11 heteroatoms. The van der Waals surface area contributed by atoms with Gasteiger partial charge in [-0.05, 0) is 5.56 Å². The SMILES string of the molecule is CNC(=O)C(=O)N(Cc1ccc(-c2noc(C(F)(F)F)n2)cc1)OC. The zero-order valence-electron chi connectivity index (χ0n) is 13.1. The summed E-state index contributed by atoms with van der Waals surface area (Å²) >= 11 is 0. The summed E-state index contributed by atoms with van der Waals surface area (Å²) in [6.07, 6.45) is -4.72. The first-order valence-electron chi connectivity index (χ1n) is 6.84. The highest BCUT2D eigenvalue weighted by Gasteiger charge is 2.38. The van der Waals surface area contributed by atoms with Gasteiger partial charge >= 0.3 is 23.9 Å². The minimum Gasteiger partial charge on any atom is -0.351 e. The van der Waals surface area contributed by atoms with Gasteiger partial charge in [0.15, 0.2) is 0 Å². The molecule has 0 radical (unpaired) electrons. The van der Waals surface area contributed by atoms with Crippen LogP contribution in [0.3, 0.4) is 0 Å². The molecule has 1 N–H and O–H groups in total. The van der Waals surface area contributed by atoms with Gasteiger partial charge in [-0.15, -0.1) is 0 Å². The molecular weight excluding hydrogens is 345 g/mol. The van der Waals surface area contributed by atoms with Crippen LogP contribution in [0.5, 0.6) is 0 Å². The lowest BCUT2D eigenvalue weighted by atomic mass is 10.1. The second kappa shape index (κ2) is 7.30. The number of hydrogen-bond donors (Lipinski definition) is 1. The van der Waals surface area contributed by atoms with Crippen LogP contribution in [0.4, 0.5) is 13.2 Å². The first kappa shape index (κ1) is 18.4. The van der Waals surface area contributed by atoms with E-state index in [4.69, 9.17) is 4.84 Å². The number of rotatable bonds is 4. The number of halogens is 3. The summed E-state index contributed by atoms with van der Waals surface area (Å²) in [7, 11) is 2.54. The molecule has 0 fully saturated rings. The van der Waals surface area contributed by atoms with Crippen molar-refractivity contribution in [2.24, 2.45) is 0 Å². The summed E-state index contributed by atoms with van der Waals surface area (Å²) in [6.45, 7) is -0.0386. The second-order valence-corrected chi connectivity index (χ2v) is 4.72. The minimum absolute atomic E-state index is 0.0386. The van der Waals surface area contributed by atoms with Crippen molar-refractivity contribution in [3.05, 3.63) is 35.7 Å². The Balaban J connectivity index is 2.13. The molecule has 25 heavy (non-hydrogen) atoms. The molecule has 0 saturated carbocycles. The Morgan fingerprint density at radius 1 is 1.28 bits per heavy atom. The first-order chi connectivity index (χ1) is 11.8. The number of carbonyl (C=O) groups is 2. The molecule has 1 aromatic carbocycles. The number of nitrogens with one attached hydrogen (secondary N) is 1. The number of carbonyl (C=O) groups excluding carboxylic acids is 2. The van der Waals surface area contributed by atoms with Gasteiger partial charge in [0.1, 0.15) is 0 Å². The summed E-state index contributed by atoms with van der Waals surface area (Å²) in [6, 6.07) is 5.97. The largest absolute Gasteiger partial charge is 0.471 e. The third-order valence-corrected chi connectivity index (χ3v) is 3.08. The van der Waals surface area contributed by atoms with E-state index in [1.165, 1.54) is 38.4 Å². The van der Waals surface area contributed by atoms with Crippen molar-refractivity contribution in [3.8, 4) is 11.4 Å². The number of likely N-dealkylation sites (N-methyl/N-ethyl adjacent to an activating group) is 1. The Kier molecular flexibility index (Phi) is 5.37. The molecule has 2 amide bonds. The van der Waals surface area contributed by atoms with Gasteiger partial charge in [-0.2, -0.15) is 18.2 Å². The van der Waals surface area contributed by atoms with Gasteiger partial charge in [0.25, 0.3) is 0 Å². The predicted octanol–water partition coefficient (Wildman–Crippen LogP) is 1.39. The Bertz CT molecular complexity index is 758. The van der Waals surface area contributed by atoms with E-state index in [1.54, 1.807) is 0 Å². The molecule has 8 nitrogen and oxygen atoms in total. The van der Waals surface area contributed by atoms with Crippen molar-refractivity contribution in [2.45, 2.75) is 12.7 Å². The fraction of sp³-hybridized carbons (Fsp3) is 0.286. The molecular formula is C14H13F3N4O4. The van der Waals surface area contributed by atoms with E-state index < -0.39 is 23.9 Å². The molecule has 0 aliphatic rings. The van der Waals surface area contributed by atoms with Crippen molar-refractivity contribution < 1.29 is 32.1 Å². The molecule has 2 rings (SSSR count). The third kappa shape index (κ3) is 4.32. The monoisotopic (exact) mass is 358 g/mol. The van der Waals surface area contributed by atoms with Gasteiger partial charge in [-0.3, -0.25) is 14.4 Å². The molecule has 134 valence electrons. The van der Waals surface area contributed by atoms with Gasteiger partial charge in [-0.25, -0.2) is 5.06 Å². The molecule has 0 atom stereocenters. The first-order valence-corrected chi connectivity index (χ1v) is 6.84. The fourth-order valence-electron chi connectivity index (χ4n) is 1.82. The van der Waals surface area contributed by atoms with Crippen molar-refractivity contribution in [2.75, 3.05) is 14.2 Å². The van der Waals surface area contributed by atoms with Crippen molar-refractivity contribution >= 4 is 11.8 Å². The molecule has 1 aromatic heterocycles. The van der Waals surface area contributed by atoms with E-state index in [0.717, 1.165) is 5.06 Å². The average molecular weight is 358 g/mol. The Hall–Kier alpha value is -2.95. The molecule has 2 aromatic rings. The number of alkyl halides is 3. The number of nitrogens with zero attached hydrogens (tertiary/aromatic N) is 3. The molecule has 1 heterocycles. The highest BCUT2D eigenvalue weighted by molar-refractivity contribution is 6.34. The third-order valence-electron chi connectivity index (χ3n) is 3.08. The Labute approximate surface area is 139 Å². The summed E-state index contributed by atoms with van der Waals surface area (Å²) in [5.74, 6) is -3.38. The van der Waals surface area contributed by atoms with Gasteiger partial charge < -0.3 is 9.84 Å². The zero-order valence-corrected chi connectivity index (χ0v) is 13.1.